The fourth-order valence-electron chi connectivity index (χ4n) is 7.18. The molecule has 1 amide bonds. The number of aromatic nitrogens is 1. The smallest absolute Gasteiger partial charge is 0.256 e. The van der Waals surface area contributed by atoms with Gasteiger partial charge in [0.2, 0.25) is 5.92 Å². The van der Waals surface area contributed by atoms with E-state index >= 15 is 0 Å². The van der Waals surface area contributed by atoms with E-state index in [0.717, 1.165) is 37.2 Å². The Morgan fingerprint density at radius 2 is 1.80 bits per heavy atom. The minimum Gasteiger partial charge on any atom is -0.496 e. The molecule has 2 N–H and O–H groups in total. The first-order chi connectivity index (χ1) is 21.4. The summed E-state index contributed by atoms with van der Waals surface area (Å²) < 4.78 is 45.9. The Bertz CT molecular complexity index is 1410. The average Bonchev–Trinajstić information content (AvgIpc) is 2.95. The Kier molecular flexibility index (Phi) is 10.1. The highest BCUT2D eigenvalue weighted by atomic mass is 19.3. The molecule has 0 radical (unpaired) electrons. The van der Waals surface area contributed by atoms with Crippen molar-refractivity contribution in [3.05, 3.63) is 50.9 Å². The summed E-state index contributed by atoms with van der Waals surface area (Å²) in [6, 6.07) is 5.81. The number of aryl methyl sites for hydroxylation is 1. The van der Waals surface area contributed by atoms with Gasteiger partial charge in [0.05, 0.1) is 31.4 Å². The lowest BCUT2D eigenvalue weighted by molar-refractivity contribution is -0.103. The van der Waals surface area contributed by atoms with Gasteiger partial charge in [0, 0.05) is 80.4 Å². The molecule has 2 atom stereocenters. The summed E-state index contributed by atoms with van der Waals surface area (Å²) in [6.07, 6.45) is 2.64. The van der Waals surface area contributed by atoms with Crippen molar-refractivity contribution in [1.82, 2.24) is 15.2 Å². The number of alkyl halides is 2. The number of carbonyl (C=O) groups excluding carboxylic acids is 1. The quantitative estimate of drug-likeness (QED) is 0.365. The zero-order valence-electron chi connectivity index (χ0n) is 27.4. The summed E-state index contributed by atoms with van der Waals surface area (Å²) in [5.74, 6) is -2.00. The molecular weight excluding hydrogens is 582 g/mol. The van der Waals surface area contributed by atoms with Gasteiger partial charge in [0.15, 0.2) is 0 Å². The van der Waals surface area contributed by atoms with E-state index in [4.69, 9.17) is 14.2 Å². The van der Waals surface area contributed by atoms with Crippen molar-refractivity contribution >= 4 is 11.6 Å². The largest absolute Gasteiger partial charge is 0.496 e. The van der Waals surface area contributed by atoms with Crippen LogP contribution in [-0.2, 0) is 11.3 Å². The predicted molar refractivity (Wildman–Crippen MR) is 170 cm³/mol. The standard InChI is InChI=1S/C34H48F2N4O5/c1-7-40(24-8-10-34(35,36)11-9-24)30-16-27(45-26-13-25(14-26)39-18-21(3)44-22(4)19-39)15-28(23(30)5)32(41)37-17-29-31(43-6)12-20(2)38-33(29)42/h12,15-16,21-22,24-26H,7-11,13-14,17-19H2,1-6H3,(H,37,41)(H,38,42)/t21-,22+,25?,26?. The summed E-state index contributed by atoms with van der Waals surface area (Å²) in [7, 11) is 1.49. The van der Waals surface area contributed by atoms with Crippen LogP contribution >= 0.6 is 0 Å². The number of hydrogen-bond acceptors (Lipinski definition) is 7. The minimum atomic E-state index is -2.63. The van der Waals surface area contributed by atoms with Gasteiger partial charge in [-0.25, -0.2) is 8.78 Å². The summed E-state index contributed by atoms with van der Waals surface area (Å²) >= 11 is 0. The summed E-state index contributed by atoms with van der Waals surface area (Å²) in [5, 5.41) is 2.90. The molecule has 248 valence electrons. The van der Waals surface area contributed by atoms with Gasteiger partial charge in [-0.05, 0) is 65.2 Å². The number of rotatable bonds is 10. The van der Waals surface area contributed by atoms with Crippen LogP contribution in [0.5, 0.6) is 11.5 Å². The predicted octanol–water partition coefficient (Wildman–Crippen LogP) is 5.35. The third-order valence-corrected chi connectivity index (χ3v) is 9.59. The van der Waals surface area contributed by atoms with E-state index in [0.29, 0.717) is 53.7 Å². The number of hydrogen-bond donors (Lipinski definition) is 2. The van der Waals surface area contributed by atoms with Gasteiger partial charge in [-0.2, -0.15) is 0 Å². The maximum atomic E-state index is 14.1. The number of benzene rings is 1. The zero-order valence-corrected chi connectivity index (χ0v) is 27.4. The lowest BCUT2D eigenvalue weighted by atomic mass is 9.87. The van der Waals surface area contributed by atoms with Crippen molar-refractivity contribution in [1.29, 1.82) is 0 Å². The first-order valence-corrected chi connectivity index (χ1v) is 16.3. The lowest BCUT2D eigenvalue weighted by Gasteiger charge is -2.47. The van der Waals surface area contributed by atoms with Crippen LogP contribution in [0.25, 0.3) is 0 Å². The molecule has 0 unspecified atom stereocenters. The third kappa shape index (κ3) is 7.62. The summed E-state index contributed by atoms with van der Waals surface area (Å²) in [6.45, 7) is 12.3. The van der Waals surface area contributed by atoms with Gasteiger partial charge in [0.1, 0.15) is 17.6 Å². The molecule has 1 aromatic carbocycles. The molecule has 2 heterocycles. The van der Waals surface area contributed by atoms with Crippen LogP contribution in [0.3, 0.4) is 0 Å². The number of halogens is 2. The number of nitrogens with one attached hydrogen (secondary N) is 2. The molecule has 1 saturated heterocycles. The molecule has 1 aromatic heterocycles. The Labute approximate surface area is 264 Å². The average molecular weight is 631 g/mol. The molecule has 5 rings (SSSR count). The number of nitrogens with zero attached hydrogens (tertiary/aromatic N) is 2. The fourth-order valence-corrected chi connectivity index (χ4v) is 7.18. The van der Waals surface area contributed by atoms with Crippen LogP contribution < -0.4 is 25.2 Å². The fraction of sp³-hybridized carbons (Fsp3) is 0.647. The highest BCUT2D eigenvalue weighted by molar-refractivity contribution is 5.97. The third-order valence-electron chi connectivity index (χ3n) is 9.59. The van der Waals surface area contributed by atoms with Gasteiger partial charge in [0.25, 0.3) is 11.5 Å². The number of amides is 1. The first kappa shape index (κ1) is 33.2. The second-order valence-corrected chi connectivity index (χ2v) is 13.1. The Balaban J connectivity index is 1.38. The second kappa shape index (κ2) is 13.7. The molecule has 3 aliphatic rings. The van der Waals surface area contributed by atoms with Crippen molar-refractivity contribution in [2.75, 3.05) is 31.6 Å². The number of aromatic amines is 1. The molecule has 1 aliphatic heterocycles. The van der Waals surface area contributed by atoms with Gasteiger partial charge in [-0.3, -0.25) is 14.5 Å². The topological polar surface area (TPSA) is 96.1 Å². The molecule has 3 fully saturated rings. The maximum absolute atomic E-state index is 14.1. The summed E-state index contributed by atoms with van der Waals surface area (Å²) in [5.41, 5.74) is 2.65. The molecule has 9 nitrogen and oxygen atoms in total. The van der Waals surface area contributed by atoms with Gasteiger partial charge in [-0.1, -0.05) is 0 Å². The van der Waals surface area contributed by atoms with E-state index in [2.05, 4.69) is 33.9 Å². The van der Waals surface area contributed by atoms with Crippen LogP contribution in [-0.4, -0.2) is 78.9 Å². The number of pyridine rings is 1. The second-order valence-electron chi connectivity index (χ2n) is 13.1. The van der Waals surface area contributed by atoms with Crippen molar-refractivity contribution in [2.24, 2.45) is 0 Å². The Morgan fingerprint density at radius 1 is 1.13 bits per heavy atom. The van der Waals surface area contributed by atoms with Crippen molar-refractivity contribution < 1.29 is 27.8 Å². The number of anilines is 1. The maximum Gasteiger partial charge on any atom is 0.256 e. The van der Waals surface area contributed by atoms with E-state index in [1.165, 1.54) is 7.11 Å². The highest BCUT2D eigenvalue weighted by Crippen LogP contribution is 2.40. The molecule has 0 spiro atoms. The Morgan fingerprint density at radius 3 is 2.42 bits per heavy atom. The SMILES string of the molecule is CCN(c1cc(OC2CC(N3C[C@@H](C)O[C@@H](C)C3)C2)cc(C(=O)NCc2c(OC)cc(C)[nH]c2=O)c1C)C1CCC(F)(F)CC1. The molecule has 2 aromatic rings. The van der Waals surface area contributed by atoms with E-state index in [1.807, 2.05) is 19.9 Å². The van der Waals surface area contributed by atoms with Crippen molar-refractivity contribution in [2.45, 2.75) is 116 Å². The van der Waals surface area contributed by atoms with Crippen LogP contribution in [0.4, 0.5) is 14.5 Å². The van der Waals surface area contributed by atoms with E-state index in [9.17, 15) is 18.4 Å². The number of carbonyl (C=O) groups is 1. The molecular formula is C34H48F2N4O5. The molecule has 45 heavy (non-hydrogen) atoms. The van der Waals surface area contributed by atoms with Gasteiger partial charge in [-0.15, -0.1) is 0 Å². The summed E-state index contributed by atoms with van der Waals surface area (Å²) in [4.78, 5) is 33.8. The lowest BCUT2D eigenvalue weighted by Crippen LogP contribution is -2.56. The first-order valence-electron chi connectivity index (χ1n) is 16.3. The van der Waals surface area contributed by atoms with Gasteiger partial charge < -0.3 is 29.4 Å². The number of methoxy groups -OCH3 is 1. The minimum absolute atomic E-state index is 0.00810. The molecule has 11 heteroatoms. The number of H-pyrrole nitrogens is 1. The normalized spacial score (nSPS) is 25.3. The molecule has 2 aliphatic carbocycles. The Hall–Kier alpha value is -3.18. The number of ether oxygens (including phenoxy) is 3. The van der Waals surface area contributed by atoms with E-state index in [1.54, 1.807) is 19.1 Å². The highest BCUT2D eigenvalue weighted by Gasteiger charge is 2.39. The van der Waals surface area contributed by atoms with Crippen molar-refractivity contribution in [3.8, 4) is 11.5 Å². The van der Waals surface area contributed by atoms with E-state index < -0.39 is 5.92 Å². The van der Waals surface area contributed by atoms with Crippen LogP contribution in [0.15, 0.2) is 23.0 Å². The zero-order chi connectivity index (χ0) is 32.5. The monoisotopic (exact) mass is 630 g/mol. The molecule has 0 bridgehead atoms. The van der Waals surface area contributed by atoms with Crippen molar-refractivity contribution in [3.63, 3.8) is 0 Å². The van der Waals surface area contributed by atoms with Crippen LogP contribution in [0.1, 0.15) is 86.5 Å². The van der Waals surface area contributed by atoms with Gasteiger partial charge >= 0.3 is 0 Å². The number of morpholine rings is 1. The molecule has 2 saturated carbocycles. The van der Waals surface area contributed by atoms with Crippen LogP contribution in [0.2, 0.25) is 0 Å². The van der Waals surface area contributed by atoms with Crippen LogP contribution in [0, 0.1) is 13.8 Å². The van der Waals surface area contributed by atoms with E-state index in [-0.39, 0.29) is 55.2 Å².